The summed E-state index contributed by atoms with van der Waals surface area (Å²) in [5.41, 5.74) is 0.0460. The van der Waals surface area contributed by atoms with Gasteiger partial charge in [0.05, 0.1) is 11.3 Å². The second-order valence-corrected chi connectivity index (χ2v) is 17.1. The largest absolute Gasteiger partial charge is 0.481 e. The number of hydrogen-bond acceptors (Lipinski definition) is 4. The number of rotatable bonds is 8. The minimum Gasteiger partial charge on any atom is -0.481 e. The molecule has 48 heavy (non-hydrogen) atoms. The van der Waals surface area contributed by atoms with Crippen molar-refractivity contribution in [2.75, 3.05) is 6.54 Å². The average molecular weight is 670 g/mol. The van der Waals surface area contributed by atoms with Gasteiger partial charge in [0.1, 0.15) is 6.10 Å². The maximum Gasteiger partial charge on any atom is 0.306 e. The van der Waals surface area contributed by atoms with Crippen LogP contribution in [0.1, 0.15) is 159 Å². The van der Waals surface area contributed by atoms with Gasteiger partial charge >= 0.3 is 11.9 Å². The fourth-order valence-corrected chi connectivity index (χ4v) is 11.9. The van der Waals surface area contributed by atoms with E-state index >= 15 is 0 Å². The highest BCUT2D eigenvalue weighted by atomic mass is 16.5. The lowest BCUT2D eigenvalue weighted by atomic mass is 9.45. The summed E-state index contributed by atoms with van der Waals surface area (Å²) < 4.78 is 5.88. The Morgan fingerprint density at radius 1 is 0.875 bits per heavy atom. The van der Waals surface area contributed by atoms with Gasteiger partial charge in [-0.15, -0.1) is 12.3 Å². The van der Waals surface area contributed by atoms with Crippen LogP contribution in [0.4, 0.5) is 0 Å². The zero-order valence-corrected chi connectivity index (χ0v) is 32.2. The fraction of sp³-hybridized carbons (Fsp3) is 0.881. The molecule has 0 aromatic rings. The van der Waals surface area contributed by atoms with Gasteiger partial charge in [0.15, 0.2) is 0 Å². The van der Waals surface area contributed by atoms with Crippen molar-refractivity contribution >= 4 is 17.8 Å². The van der Waals surface area contributed by atoms with Crippen LogP contribution in [0.5, 0.6) is 0 Å². The number of ether oxygens (including phenoxy) is 1. The molecule has 5 aliphatic carbocycles. The second kappa shape index (κ2) is 17.3. The second-order valence-electron chi connectivity index (χ2n) is 17.1. The topological polar surface area (TPSA) is 92.7 Å². The van der Waals surface area contributed by atoms with Crippen molar-refractivity contribution in [3.63, 3.8) is 0 Å². The Hall–Kier alpha value is -2.03. The molecule has 5 rings (SSSR count). The number of hydrogen-bond donors (Lipinski definition) is 2. The predicted octanol–water partition coefficient (Wildman–Crippen LogP) is 9.69. The number of carboxylic acids is 1. The first-order valence-electron chi connectivity index (χ1n) is 19.8. The van der Waals surface area contributed by atoms with Crippen molar-refractivity contribution in [2.24, 2.45) is 63.6 Å². The molecule has 274 valence electrons. The highest BCUT2D eigenvalue weighted by Gasteiger charge is 2.59. The van der Waals surface area contributed by atoms with Crippen LogP contribution in [0, 0.1) is 75.9 Å². The van der Waals surface area contributed by atoms with E-state index in [4.69, 9.17) is 4.74 Å². The van der Waals surface area contributed by atoms with E-state index in [1.54, 1.807) is 13.8 Å². The van der Waals surface area contributed by atoms with Crippen LogP contribution < -0.4 is 5.32 Å². The molecular weight excluding hydrogens is 598 g/mol. The van der Waals surface area contributed by atoms with Crippen LogP contribution in [0.15, 0.2) is 0 Å². The van der Waals surface area contributed by atoms with Gasteiger partial charge in [0, 0.05) is 18.9 Å². The van der Waals surface area contributed by atoms with Gasteiger partial charge in [-0.2, -0.15) is 0 Å². The first-order valence-corrected chi connectivity index (χ1v) is 19.8. The van der Waals surface area contributed by atoms with E-state index in [1.165, 1.54) is 32.1 Å². The maximum atomic E-state index is 14.0. The van der Waals surface area contributed by atoms with Crippen molar-refractivity contribution < 1.29 is 24.2 Å². The summed E-state index contributed by atoms with van der Waals surface area (Å²) in [6, 6.07) is 0. The number of carboxylic acid groups (broad SMARTS) is 1. The quantitative estimate of drug-likeness (QED) is 0.198. The van der Waals surface area contributed by atoms with Crippen LogP contribution in [0.2, 0.25) is 0 Å². The number of esters is 1. The molecule has 0 aliphatic heterocycles. The first kappa shape index (κ1) is 40.4. The molecule has 5 aliphatic rings. The van der Waals surface area contributed by atoms with Crippen LogP contribution in [0.3, 0.4) is 0 Å². The van der Waals surface area contributed by atoms with Crippen molar-refractivity contribution in [1.29, 1.82) is 0 Å². The third-order valence-electron chi connectivity index (χ3n) is 14.4. The zero-order valence-electron chi connectivity index (χ0n) is 32.2. The lowest BCUT2D eigenvalue weighted by Crippen LogP contribution is -2.57. The normalized spacial score (nSPS) is 39.8. The number of carbonyl (C=O) groups is 3. The number of aliphatic carboxylic acids is 1. The molecule has 9 atom stereocenters. The Bertz CT molecular complexity index is 1120. The Labute approximate surface area is 294 Å². The van der Waals surface area contributed by atoms with Gasteiger partial charge < -0.3 is 15.2 Å². The van der Waals surface area contributed by atoms with Crippen LogP contribution in [-0.2, 0) is 19.1 Å². The maximum absolute atomic E-state index is 14.0. The number of amides is 1. The lowest BCUT2D eigenvalue weighted by Gasteiger charge is -2.61. The summed E-state index contributed by atoms with van der Waals surface area (Å²) in [5, 5.41) is 12.8. The Morgan fingerprint density at radius 2 is 1.52 bits per heavy atom. The molecule has 0 aromatic carbocycles. The summed E-state index contributed by atoms with van der Waals surface area (Å²) >= 11 is 0. The fourth-order valence-electron chi connectivity index (χ4n) is 11.9. The predicted molar refractivity (Wildman–Crippen MR) is 195 cm³/mol. The molecular formula is C42H71NO5. The van der Waals surface area contributed by atoms with E-state index in [2.05, 4.69) is 52.3 Å². The molecule has 0 radical (unpaired) electrons. The number of fused-ring (bicyclic) bond motifs is 2. The molecule has 0 aromatic heterocycles. The molecule has 1 amide bonds. The van der Waals surface area contributed by atoms with E-state index in [0.29, 0.717) is 53.9 Å². The third-order valence-corrected chi connectivity index (χ3v) is 14.4. The minimum atomic E-state index is -0.664. The molecule has 5 fully saturated rings. The van der Waals surface area contributed by atoms with E-state index in [0.717, 1.165) is 64.2 Å². The van der Waals surface area contributed by atoms with E-state index in [1.807, 2.05) is 13.8 Å². The van der Waals surface area contributed by atoms with Crippen molar-refractivity contribution in [3.05, 3.63) is 0 Å². The Balaban J connectivity index is 0.00000118. The van der Waals surface area contributed by atoms with Gasteiger partial charge in [-0.05, 0) is 137 Å². The van der Waals surface area contributed by atoms with Gasteiger partial charge in [-0.25, -0.2) is 0 Å². The summed E-state index contributed by atoms with van der Waals surface area (Å²) in [4.78, 5) is 37.3. The summed E-state index contributed by atoms with van der Waals surface area (Å²) in [6.45, 7) is 20.1. The van der Waals surface area contributed by atoms with Gasteiger partial charge in [0.25, 0.3) is 0 Å². The van der Waals surface area contributed by atoms with Crippen LogP contribution in [-0.4, -0.2) is 35.6 Å². The molecule has 6 nitrogen and oxygen atoms in total. The Morgan fingerprint density at radius 3 is 2.12 bits per heavy atom. The summed E-state index contributed by atoms with van der Waals surface area (Å²) in [7, 11) is 0. The van der Waals surface area contributed by atoms with Gasteiger partial charge in [0.2, 0.25) is 5.91 Å². The summed E-state index contributed by atoms with van der Waals surface area (Å²) in [6.07, 6.45) is 20.5. The molecule has 0 bridgehead atoms. The van der Waals surface area contributed by atoms with E-state index < -0.39 is 5.97 Å². The number of carbonyl (C=O) groups excluding carboxylic acids is 2. The standard InChI is InChI=1S/C37H61NO5.C3H4.C2H6/c1-23-17-21-37(34(42)38-22-26-10-12-27(13-11-26)33(40)41)19-7-8-30(37)28(23)14-15-29-24(2)9-16-31-35(4,5)32(43-25(3)39)18-20-36(29,31)6;1-3-2;1-2/h23-24,26-32H,7-22H2,1-6H3,(H,38,42)(H,40,41);1H,2H3;1-2H3. The van der Waals surface area contributed by atoms with Gasteiger partial charge in [-0.3, -0.25) is 14.4 Å². The monoisotopic (exact) mass is 670 g/mol. The molecule has 6 heteroatoms. The molecule has 0 spiro atoms. The lowest BCUT2D eigenvalue weighted by molar-refractivity contribution is -0.182. The van der Waals surface area contributed by atoms with Crippen LogP contribution >= 0.6 is 0 Å². The minimum absolute atomic E-state index is 0.0131. The highest BCUT2D eigenvalue weighted by Crippen LogP contribution is 2.64. The average Bonchev–Trinajstić information content (AvgIpc) is 3.49. The molecule has 2 N–H and O–H groups in total. The zero-order chi connectivity index (χ0) is 35.9. The summed E-state index contributed by atoms with van der Waals surface area (Å²) in [5.74, 6) is 5.63. The van der Waals surface area contributed by atoms with E-state index in [-0.39, 0.29) is 34.2 Å². The SMILES string of the molecule is C#CC.CC.CC(=O)OC1CCC2(C)C(CCC3C(C)CCC4(C(=O)NCC5CCC(C(=O)O)CC5)CCCC34)C(C)CCC2C1(C)C. The van der Waals surface area contributed by atoms with Crippen molar-refractivity contribution in [2.45, 2.75) is 165 Å². The molecule has 9 unspecified atom stereocenters. The molecule has 0 saturated heterocycles. The smallest absolute Gasteiger partial charge is 0.306 e. The molecule has 5 saturated carbocycles. The Kier molecular flexibility index (Phi) is 14.5. The first-order chi connectivity index (χ1) is 22.7. The molecule has 0 heterocycles. The van der Waals surface area contributed by atoms with E-state index in [9.17, 15) is 19.5 Å². The van der Waals surface area contributed by atoms with Crippen molar-refractivity contribution in [3.8, 4) is 12.3 Å². The van der Waals surface area contributed by atoms with Gasteiger partial charge in [-0.1, -0.05) is 61.3 Å². The third kappa shape index (κ3) is 8.46. The highest BCUT2D eigenvalue weighted by molar-refractivity contribution is 5.83. The number of nitrogens with one attached hydrogen (secondary N) is 1. The van der Waals surface area contributed by atoms with Crippen LogP contribution in [0.25, 0.3) is 0 Å². The number of terminal acetylenes is 1. The van der Waals surface area contributed by atoms with Crippen molar-refractivity contribution in [1.82, 2.24) is 5.32 Å².